The van der Waals surface area contributed by atoms with E-state index in [0.717, 1.165) is 73.3 Å². The van der Waals surface area contributed by atoms with E-state index in [1.54, 1.807) is 9.79 Å². The highest BCUT2D eigenvalue weighted by Crippen LogP contribution is 2.58. The van der Waals surface area contributed by atoms with Crippen molar-refractivity contribution >= 4 is 110 Å². The van der Waals surface area contributed by atoms with E-state index in [2.05, 4.69) is 171 Å². The average molecular weight is 1820 g/mol. The zero-order valence-electron chi connectivity index (χ0n) is 61.2. The molecule has 2 aliphatic carbocycles. The summed E-state index contributed by atoms with van der Waals surface area (Å²) in [5.74, 6) is -0.119. The van der Waals surface area contributed by atoms with Crippen LogP contribution in [0.25, 0.3) is 29.8 Å². The number of benzene rings is 7. The third kappa shape index (κ3) is 23.2. The van der Waals surface area contributed by atoms with E-state index < -0.39 is 101 Å². The van der Waals surface area contributed by atoms with Crippen molar-refractivity contribution in [3.05, 3.63) is 172 Å². The highest BCUT2D eigenvalue weighted by atomic mass is 32.3. The van der Waals surface area contributed by atoms with Crippen LogP contribution in [-0.2, 0) is 87.7 Å². The molecule has 3 aliphatic heterocycles. The van der Waals surface area contributed by atoms with Crippen molar-refractivity contribution in [2.24, 2.45) is 11.8 Å². The Balaban J connectivity index is 0.000000193. The number of nitrogens with one attached hydrogen (secondary N) is 1. The van der Waals surface area contributed by atoms with Gasteiger partial charge in [-0.25, -0.2) is 42.1 Å². The van der Waals surface area contributed by atoms with Crippen LogP contribution in [0.4, 0.5) is 79.0 Å². The minimum atomic E-state index is -7.62. The number of rotatable bonds is 20. The number of ether oxygens (including phenoxy) is 2. The standard InChI is InChI=1S/C21H27OS.C18H23OS.C18H15S.C9H15F2NO4S.C4F10NO4S2.C3F6NO4S2/c1-2-8-17(9-3-1)16-22-20-12-13-21(23-14-6-7-15-23)19-11-5-4-10-18(19)20;1-2-3-12-19-17-10-11-18(20-13-6-7-14-20)16-9-5-4-8-15(16)17;1-4-10-16(11-5-1)19(17-12-6-2-7-13-17)18-14-8-3-9-15-18;10-9(11,17(14,15)16)8(13)12-6-7-4-2-1-3-5-7;5-1(6,7)3(11,12)20(16,17)15-21(18,19)4(13,14)2(8,9)10;4-1(5)2(6,7)15(11,12)10-16(13,14)3(1,8)9/h4-5,10-13,17H,1-3,6-9,14-16H2;4-5,8-11H,2-3,6-7,12-14H2,1H3;1-15H;7H,1-6H2,(H,12,13)(H,14,15,16);;/q3*+1;;2*-1/p-1. The van der Waals surface area contributed by atoms with Crippen LogP contribution in [0.2, 0.25) is 0 Å². The largest absolute Gasteiger partial charge is 0.743 e. The Hall–Kier alpha value is -6.45. The summed E-state index contributed by atoms with van der Waals surface area (Å²) in [4.78, 5) is 18.1. The molecule has 17 nitrogen and oxygen atoms in total. The molecule has 0 bridgehead atoms. The van der Waals surface area contributed by atoms with E-state index in [1.807, 2.05) is 5.32 Å². The second-order valence-corrected chi connectivity index (χ2v) is 41.5. The van der Waals surface area contributed by atoms with E-state index in [0.29, 0.717) is 25.9 Å². The second-order valence-electron chi connectivity index (χ2n) is 26.6. The fraction of sp³-hybridized carbons (Fsp3) is 0.466. The first kappa shape index (κ1) is 96.7. The Morgan fingerprint density at radius 3 is 1.17 bits per heavy atom. The number of carbonyl (C=O) groups is 1. The number of halogens is 18. The van der Waals surface area contributed by atoms with E-state index >= 15 is 0 Å². The molecule has 644 valence electrons. The van der Waals surface area contributed by atoms with Crippen molar-refractivity contribution in [2.45, 2.75) is 179 Å². The van der Waals surface area contributed by atoms with Gasteiger partial charge in [0.1, 0.15) is 34.5 Å². The van der Waals surface area contributed by atoms with Gasteiger partial charge in [0.2, 0.25) is 0 Å². The molecule has 1 N–H and O–H groups in total. The van der Waals surface area contributed by atoms with Crippen molar-refractivity contribution in [3.63, 3.8) is 0 Å². The normalized spacial score (nSPS) is 18.7. The van der Waals surface area contributed by atoms with E-state index in [9.17, 15) is 130 Å². The number of carbonyl (C=O) groups excluding carboxylic acids is 1. The summed E-state index contributed by atoms with van der Waals surface area (Å²) in [7, 11) is -33.4. The van der Waals surface area contributed by atoms with Crippen molar-refractivity contribution in [3.8, 4) is 11.5 Å². The molecule has 7 aromatic carbocycles. The molecule has 0 atom stereocenters. The number of amides is 1. The molecule has 1 amide bonds. The molecule has 3 saturated heterocycles. The molecule has 0 spiro atoms. The number of fused-ring (bicyclic) bond motifs is 2. The van der Waals surface area contributed by atoms with Gasteiger partial charge in [0, 0.05) is 49.9 Å². The van der Waals surface area contributed by atoms with Crippen LogP contribution in [0.15, 0.2) is 188 Å². The number of sulfonamides is 4. The van der Waals surface area contributed by atoms with Gasteiger partial charge in [-0.15, -0.1) is 0 Å². The summed E-state index contributed by atoms with van der Waals surface area (Å²) >= 11 is 0. The summed E-state index contributed by atoms with van der Waals surface area (Å²) < 4.78 is 346. The van der Waals surface area contributed by atoms with Crippen LogP contribution in [-0.4, -0.2) is 140 Å². The number of hydrogen-bond donors (Lipinski definition) is 1. The summed E-state index contributed by atoms with van der Waals surface area (Å²) in [5.41, 5.74) is 0. The molecule has 0 radical (unpaired) electrons. The maximum atomic E-state index is 12.8. The highest BCUT2D eigenvalue weighted by molar-refractivity contribution is 8.14. The van der Waals surface area contributed by atoms with Gasteiger partial charge < -0.3 is 27.6 Å². The van der Waals surface area contributed by atoms with Crippen LogP contribution in [0.5, 0.6) is 11.5 Å². The van der Waals surface area contributed by atoms with Crippen LogP contribution in [0.1, 0.15) is 110 Å². The maximum Gasteiger partial charge on any atom is 0.467 e. The minimum Gasteiger partial charge on any atom is -0.743 e. The van der Waals surface area contributed by atoms with Crippen molar-refractivity contribution in [1.29, 1.82) is 0 Å². The molecule has 12 rings (SSSR count). The predicted octanol–water partition coefficient (Wildman–Crippen LogP) is 19.1. The molecule has 5 fully saturated rings. The number of alkyl halides is 18. The van der Waals surface area contributed by atoms with Gasteiger partial charge in [-0.2, -0.15) is 79.0 Å². The highest BCUT2D eigenvalue weighted by Gasteiger charge is 2.82. The zero-order chi connectivity index (χ0) is 86.2. The molecular formula is C73H79F18N3O14S8. The number of unbranched alkanes of at least 4 members (excludes halogenated alkanes) is 1. The first-order chi connectivity index (χ1) is 53.9. The molecule has 43 heteroatoms. The third-order valence-electron chi connectivity index (χ3n) is 18.2. The number of nitrogens with zero attached hydrogens (tertiary/aromatic N) is 2. The van der Waals surface area contributed by atoms with Crippen LogP contribution in [0, 0.1) is 11.8 Å². The number of hydrogen-bond acceptors (Lipinski definition) is 14. The molecule has 2 saturated carbocycles. The topological polar surface area (TPSA) is 270 Å². The molecule has 7 aromatic rings. The quantitative estimate of drug-likeness (QED) is 0.0322. The smallest absolute Gasteiger partial charge is 0.467 e. The van der Waals surface area contributed by atoms with Crippen molar-refractivity contribution in [2.75, 3.05) is 42.8 Å². The van der Waals surface area contributed by atoms with E-state index in [1.165, 1.54) is 123 Å². The molecular weight excluding hydrogens is 1740 g/mol. The van der Waals surface area contributed by atoms with Gasteiger partial charge in [-0.05, 0) is 142 Å². The van der Waals surface area contributed by atoms with Crippen LogP contribution < -0.4 is 14.8 Å². The zero-order valence-corrected chi connectivity index (χ0v) is 67.7. The second kappa shape index (κ2) is 39.8. The minimum absolute atomic E-state index is 0.00998. The maximum absolute atomic E-state index is 12.8. The lowest BCUT2D eigenvalue weighted by atomic mass is 9.89. The first-order valence-electron chi connectivity index (χ1n) is 35.6. The molecule has 3 heterocycles. The van der Waals surface area contributed by atoms with Gasteiger partial charge >= 0.3 is 50.5 Å². The summed E-state index contributed by atoms with van der Waals surface area (Å²) in [6, 6.07) is 58.9. The Kier molecular flexibility index (Phi) is 33.2. The fourth-order valence-corrected chi connectivity index (χ4v) is 24.6. The molecule has 116 heavy (non-hydrogen) atoms. The first-order valence-corrected chi connectivity index (χ1v) is 47.1. The Labute approximate surface area is 668 Å². The van der Waals surface area contributed by atoms with Gasteiger partial charge in [0.15, 0.2) is 74.7 Å². The van der Waals surface area contributed by atoms with E-state index in [4.69, 9.17) is 9.47 Å². The predicted molar refractivity (Wildman–Crippen MR) is 405 cm³/mol. The van der Waals surface area contributed by atoms with Gasteiger partial charge in [-0.1, -0.05) is 143 Å². The van der Waals surface area contributed by atoms with Crippen molar-refractivity contribution in [1.82, 2.24) is 5.32 Å². The Morgan fingerprint density at radius 1 is 0.491 bits per heavy atom. The Morgan fingerprint density at radius 2 is 0.828 bits per heavy atom. The molecule has 0 unspecified atom stereocenters. The Bertz CT molecular complexity index is 4800. The summed E-state index contributed by atoms with van der Waals surface area (Å²) in [6.07, 6.45) is 5.42. The molecule has 0 aromatic heterocycles. The lowest BCUT2D eigenvalue weighted by Gasteiger charge is -2.42. The van der Waals surface area contributed by atoms with Gasteiger partial charge in [0.05, 0.1) is 24.1 Å². The summed E-state index contributed by atoms with van der Waals surface area (Å²) in [5, 5.41) is -24.2. The lowest BCUT2D eigenvalue weighted by Crippen LogP contribution is -2.64. The lowest BCUT2D eigenvalue weighted by molar-refractivity contribution is -0.244. The third-order valence-corrected chi connectivity index (χ3v) is 33.0. The fourth-order valence-electron chi connectivity index (χ4n) is 12.0. The van der Waals surface area contributed by atoms with Crippen molar-refractivity contribution < 1.29 is 140 Å². The van der Waals surface area contributed by atoms with Crippen LogP contribution >= 0.6 is 0 Å². The molecule has 5 aliphatic rings. The van der Waals surface area contributed by atoms with Crippen LogP contribution in [0.3, 0.4) is 0 Å². The van der Waals surface area contributed by atoms with E-state index in [-0.39, 0.29) is 23.4 Å². The monoisotopic (exact) mass is 1820 g/mol. The average Bonchev–Trinajstić information content (AvgIpc) is 0.722. The SMILES string of the molecule is CCCCOc1ccc([S+]2CCCC2)c2ccccc12.O=C(NCC1CCCCC1)C(F)(F)S(=O)(=O)[O-].O=S(=O)([N-]S(=O)(=O)C(F)(F)C(F)(F)F)C(F)(F)C(F)(F)F.O=S1(=O)[N-]S(=O)(=O)C(F)(F)C(F)(F)C1(F)F.c1ccc([S+](c2ccccc2)c2ccccc2)cc1.c1ccc2c([S+]3CCCC3)ccc(OCC3CCCCC3)c2c1. The summed E-state index contributed by atoms with van der Waals surface area (Å²) in [6.45, 7) is 3.91. The van der Waals surface area contributed by atoms with Gasteiger partial charge in [-0.3, -0.25) is 4.79 Å². The van der Waals surface area contributed by atoms with Gasteiger partial charge in [0.25, 0.3) is 0 Å².